The second kappa shape index (κ2) is 13.2. The number of benzene rings is 2. The molecule has 0 radical (unpaired) electrons. The average Bonchev–Trinajstić information content (AvgIpc) is 2.97. The molecule has 9 N–H and O–H groups in total. The molecular weight excluding hydrogens is 548 g/mol. The standard InChI is InChI=1S/C27H32O14/c28-10-18-20(32)22(34)24(36)26(40-18)38-13-4-1-12(2-5-13)3-8-16(30)15-7-6-14(9-17(15)31)39-27-25(37)23(35)21(33)19(11-29)41-27/h1-9,18-29,31-37H,10-11H2/b8-3+/t18-,19-,20-,21-,22+,23+,24-,25-,26-,27-/m1/s1. The number of aliphatic hydroxyl groups is 8. The van der Waals surface area contributed by atoms with E-state index in [4.69, 9.17) is 18.9 Å². The summed E-state index contributed by atoms with van der Waals surface area (Å²) in [6.45, 7) is -1.23. The predicted octanol–water partition coefficient (Wildman–Crippen LogP) is -2.35. The maximum absolute atomic E-state index is 12.7. The quantitative estimate of drug-likeness (QED) is 0.112. The molecule has 14 heteroatoms. The Balaban J connectivity index is 1.36. The van der Waals surface area contributed by atoms with E-state index in [1.54, 1.807) is 12.1 Å². The maximum atomic E-state index is 12.7. The lowest BCUT2D eigenvalue weighted by Gasteiger charge is -2.39. The van der Waals surface area contributed by atoms with Crippen LogP contribution in [0.5, 0.6) is 17.2 Å². The van der Waals surface area contributed by atoms with Gasteiger partial charge in [-0.05, 0) is 35.9 Å². The molecule has 2 saturated heterocycles. The third-order valence-electron chi connectivity index (χ3n) is 6.74. The molecule has 2 aromatic carbocycles. The summed E-state index contributed by atoms with van der Waals surface area (Å²) in [7, 11) is 0. The summed E-state index contributed by atoms with van der Waals surface area (Å²) in [4.78, 5) is 12.7. The molecule has 2 aromatic rings. The van der Waals surface area contributed by atoms with Gasteiger partial charge in [0.25, 0.3) is 0 Å². The summed E-state index contributed by atoms with van der Waals surface area (Å²) in [5, 5.41) is 88.6. The first-order valence-corrected chi connectivity index (χ1v) is 12.6. The van der Waals surface area contributed by atoms with Crippen molar-refractivity contribution >= 4 is 11.9 Å². The van der Waals surface area contributed by atoms with E-state index in [0.29, 0.717) is 5.56 Å². The minimum atomic E-state index is -1.65. The van der Waals surface area contributed by atoms with E-state index in [2.05, 4.69) is 0 Å². The molecule has 224 valence electrons. The third-order valence-corrected chi connectivity index (χ3v) is 6.74. The molecule has 2 aliphatic heterocycles. The van der Waals surface area contributed by atoms with Crippen molar-refractivity contribution in [1.29, 1.82) is 0 Å². The van der Waals surface area contributed by atoms with Crippen molar-refractivity contribution in [1.82, 2.24) is 0 Å². The molecule has 14 nitrogen and oxygen atoms in total. The molecular formula is C27H32O14. The van der Waals surface area contributed by atoms with Gasteiger partial charge in [0.15, 0.2) is 5.78 Å². The van der Waals surface area contributed by atoms with Gasteiger partial charge in [0.05, 0.1) is 18.8 Å². The van der Waals surface area contributed by atoms with E-state index in [1.165, 1.54) is 36.4 Å². The first-order chi connectivity index (χ1) is 19.5. The molecule has 0 bridgehead atoms. The molecule has 0 unspecified atom stereocenters. The van der Waals surface area contributed by atoms with Crippen LogP contribution in [-0.4, -0.2) is 126 Å². The Bertz CT molecular complexity index is 1200. The highest BCUT2D eigenvalue weighted by atomic mass is 16.7. The lowest BCUT2D eigenvalue weighted by atomic mass is 9.99. The zero-order valence-electron chi connectivity index (χ0n) is 21.5. The fourth-order valence-electron chi connectivity index (χ4n) is 4.31. The van der Waals surface area contributed by atoms with E-state index in [0.717, 1.165) is 6.07 Å². The fraction of sp³-hybridized carbons (Fsp3) is 0.444. The van der Waals surface area contributed by atoms with Crippen LogP contribution in [0.25, 0.3) is 6.08 Å². The van der Waals surface area contributed by atoms with E-state index >= 15 is 0 Å². The minimum absolute atomic E-state index is 0.0117. The number of phenols is 1. The zero-order valence-corrected chi connectivity index (χ0v) is 21.5. The van der Waals surface area contributed by atoms with Crippen LogP contribution in [0.15, 0.2) is 48.5 Å². The number of aromatic hydroxyl groups is 1. The normalized spacial score (nSPS) is 34.0. The number of hydrogen-bond acceptors (Lipinski definition) is 14. The van der Waals surface area contributed by atoms with Gasteiger partial charge in [-0.3, -0.25) is 4.79 Å². The maximum Gasteiger partial charge on any atom is 0.229 e. The van der Waals surface area contributed by atoms with Crippen molar-refractivity contribution in [2.24, 2.45) is 0 Å². The Kier molecular flexibility index (Phi) is 9.93. The highest BCUT2D eigenvalue weighted by Crippen LogP contribution is 2.29. The number of allylic oxidation sites excluding steroid dienone is 1. The number of ether oxygens (including phenoxy) is 4. The van der Waals surface area contributed by atoms with E-state index in [1.807, 2.05) is 0 Å². The van der Waals surface area contributed by atoms with Gasteiger partial charge >= 0.3 is 0 Å². The Morgan fingerprint density at radius 2 is 1.20 bits per heavy atom. The van der Waals surface area contributed by atoms with Crippen molar-refractivity contribution in [2.45, 2.75) is 61.4 Å². The summed E-state index contributed by atoms with van der Waals surface area (Å²) >= 11 is 0. The molecule has 0 saturated carbocycles. The first-order valence-electron chi connectivity index (χ1n) is 12.6. The van der Waals surface area contributed by atoms with Gasteiger partial charge < -0.3 is 64.9 Å². The Morgan fingerprint density at radius 1 is 0.707 bits per heavy atom. The summed E-state index contributed by atoms with van der Waals surface area (Å²) in [6.07, 6.45) is -11.9. The summed E-state index contributed by atoms with van der Waals surface area (Å²) in [6, 6.07) is 9.89. The number of hydrogen-bond donors (Lipinski definition) is 9. The highest BCUT2D eigenvalue weighted by Gasteiger charge is 2.45. The van der Waals surface area contributed by atoms with Crippen molar-refractivity contribution in [3.63, 3.8) is 0 Å². The molecule has 0 aliphatic carbocycles. The molecule has 0 spiro atoms. The van der Waals surface area contributed by atoms with E-state index in [9.17, 15) is 50.8 Å². The Labute approximate surface area is 233 Å². The smallest absolute Gasteiger partial charge is 0.229 e. The SMILES string of the molecule is O=C(/C=C/c1ccc(O[C@@H]2O[C@H](CO)[C@@H](O)[C@H](O)[C@H]2O)cc1)c1ccc(O[C@@H]2O[C@H](CO)[C@@H](O)[C@H](O)[C@H]2O)cc1O. The predicted molar refractivity (Wildman–Crippen MR) is 137 cm³/mol. The van der Waals surface area contributed by atoms with Crippen LogP contribution < -0.4 is 9.47 Å². The minimum Gasteiger partial charge on any atom is -0.507 e. The molecule has 2 fully saturated rings. The van der Waals surface area contributed by atoms with Crippen LogP contribution in [0.2, 0.25) is 0 Å². The molecule has 41 heavy (non-hydrogen) atoms. The third kappa shape index (κ3) is 6.85. The Morgan fingerprint density at radius 3 is 1.68 bits per heavy atom. The molecule has 10 atom stereocenters. The van der Waals surface area contributed by atoms with Crippen LogP contribution in [0.4, 0.5) is 0 Å². The molecule has 2 aliphatic rings. The van der Waals surface area contributed by atoms with Gasteiger partial charge in [-0.15, -0.1) is 0 Å². The lowest BCUT2D eigenvalue weighted by Crippen LogP contribution is -2.60. The van der Waals surface area contributed by atoms with Gasteiger partial charge in [-0.1, -0.05) is 18.2 Å². The van der Waals surface area contributed by atoms with Gasteiger partial charge in [0, 0.05) is 6.07 Å². The van der Waals surface area contributed by atoms with Crippen molar-refractivity contribution in [3.8, 4) is 17.2 Å². The van der Waals surface area contributed by atoms with Crippen LogP contribution in [0.1, 0.15) is 15.9 Å². The average molecular weight is 581 g/mol. The monoisotopic (exact) mass is 580 g/mol. The molecule has 0 amide bonds. The lowest BCUT2D eigenvalue weighted by molar-refractivity contribution is -0.277. The molecule has 4 rings (SSSR count). The zero-order chi connectivity index (χ0) is 29.8. The first kappa shape index (κ1) is 30.8. The van der Waals surface area contributed by atoms with Crippen molar-refractivity contribution < 1.29 is 69.7 Å². The number of ketones is 1. The van der Waals surface area contributed by atoms with Crippen LogP contribution >= 0.6 is 0 Å². The second-order valence-corrected chi connectivity index (χ2v) is 9.58. The van der Waals surface area contributed by atoms with Crippen molar-refractivity contribution in [2.75, 3.05) is 13.2 Å². The largest absolute Gasteiger partial charge is 0.507 e. The van der Waals surface area contributed by atoms with E-state index < -0.39 is 86.2 Å². The topological polar surface area (TPSA) is 236 Å². The number of carbonyl (C=O) groups is 1. The van der Waals surface area contributed by atoms with Crippen molar-refractivity contribution in [3.05, 3.63) is 59.7 Å². The summed E-state index contributed by atoms with van der Waals surface area (Å²) in [5.41, 5.74) is 0.506. The highest BCUT2D eigenvalue weighted by molar-refractivity contribution is 6.08. The number of phenolic OH excluding ortho intramolecular Hbond substituents is 1. The summed E-state index contributed by atoms with van der Waals surface area (Å²) in [5.74, 6) is -0.763. The molecule has 2 heterocycles. The number of aliphatic hydroxyl groups excluding tert-OH is 8. The van der Waals surface area contributed by atoms with Crippen LogP contribution in [0.3, 0.4) is 0 Å². The second-order valence-electron chi connectivity index (χ2n) is 9.58. The van der Waals surface area contributed by atoms with E-state index in [-0.39, 0.29) is 17.1 Å². The van der Waals surface area contributed by atoms with Gasteiger partial charge in [-0.2, -0.15) is 0 Å². The number of carbonyl (C=O) groups excluding carboxylic acids is 1. The van der Waals surface area contributed by atoms with Gasteiger partial charge in [0.1, 0.15) is 66.1 Å². The van der Waals surface area contributed by atoms with Gasteiger partial charge in [-0.25, -0.2) is 0 Å². The van der Waals surface area contributed by atoms with Crippen LogP contribution in [0, 0.1) is 0 Å². The number of rotatable bonds is 9. The fourth-order valence-corrected chi connectivity index (χ4v) is 4.31. The Hall–Kier alpha value is -3.15. The summed E-state index contributed by atoms with van der Waals surface area (Å²) < 4.78 is 21.5. The van der Waals surface area contributed by atoms with Crippen LogP contribution in [-0.2, 0) is 9.47 Å². The van der Waals surface area contributed by atoms with Gasteiger partial charge in [0.2, 0.25) is 12.6 Å². The molecule has 0 aromatic heterocycles.